The summed E-state index contributed by atoms with van der Waals surface area (Å²) in [4.78, 5) is 7.86. The zero-order valence-corrected chi connectivity index (χ0v) is 8.25. The normalized spacial score (nSPS) is 9.44. The Morgan fingerprint density at radius 1 is 1.19 bits per heavy atom. The highest BCUT2D eigenvalue weighted by Gasteiger charge is 2.01. The van der Waals surface area contributed by atoms with Crippen molar-refractivity contribution in [3.63, 3.8) is 0 Å². The molecule has 0 aliphatic rings. The van der Waals surface area contributed by atoms with Gasteiger partial charge >= 0.3 is 0 Å². The summed E-state index contributed by atoms with van der Waals surface area (Å²) in [6.07, 6.45) is 2.82. The standard InChI is InChI=1S/C11H8N4O/c12-5-8-6-13-11(14-7-8)15-9-3-1-2-4-10(9)16/h1-4,6-7,16H,(H,13,14,15). The lowest BCUT2D eigenvalue weighted by Gasteiger charge is -2.05. The van der Waals surface area contributed by atoms with Crippen molar-refractivity contribution in [2.45, 2.75) is 0 Å². The summed E-state index contributed by atoms with van der Waals surface area (Å²) in [5.74, 6) is 0.455. The first-order chi connectivity index (χ1) is 7.79. The molecule has 1 heterocycles. The second kappa shape index (κ2) is 4.28. The van der Waals surface area contributed by atoms with Crippen molar-refractivity contribution in [3.05, 3.63) is 42.2 Å². The number of benzene rings is 1. The summed E-state index contributed by atoms with van der Waals surface area (Å²) < 4.78 is 0. The van der Waals surface area contributed by atoms with Gasteiger partial charge in [-0.3, -0.25) is 0 Å². The van der Waals surface area contributed by atoms with Crippen molar-refractivity contribution in [1.29, 1.82) is 5.26 Å². The van der Waals surface area contributed by atoms with E-state index in [2.05, 4.69) is 15.3 Å². The molecular weight excluding hydrogens is 204 g/mol. The molecule has 78 valence electrons. The Balaban J connectivity index is 2.22. The van der Waals surface area contributed by atoms with E-state index in [1.807, 2.05) is 6.07 Å². The zero-order valence-electron chi connectivity index (χ0n) is 8.25. The van der Waals surface area contributed by atoms with Gasteiger partial charge in [-0.15, -0.1) is 0 Å². The molecule has 2 N–H and O–H groups in total. The number of aromatic nitrogens is 2. The molecule has 2 aromatic rings. The van der Waals surface area contributed by atoms with E-state index in [4.69, 9.17) is 5.26 Å². The summed E-state index contributed by atoms with van der Waals surface area (Å²) >= 11 is 0. The molecule has 0 aliphatic heterocycles. The molecular formula is C11H8N4O. The van der Waals surface area contributed by atoms with Crippen LogP contribution in [0.4, 0.5) is 11.6 Å². The predicted octanol–water partition coefficient (Wildman–Crippen LogP) is 1.80. The van der Waals surface area contributed by atoms with Crippen LogP contribution in [0.3, 0.4) is 0 Å². The Hall–Kier alpha value is -2.61. The van der Waals surface area contributed by atoms with Gasteiger partial charge in [-0.1, -0.05) is 12.1 Å². The fourth-order valence-corrected chi connectivity index (χ4v) is 1.15. The first kappa shape index (κ1) is 9.93. The van der Waals surface area contributed by atoms with Crippen molar-refractivity contribution in [2.75, 3.05) is 5.32 Å². The van der Waals surface area contributed by atoms with Crippen molar-refractivity contribution < 1.29 is 5.11 Å². The quantitative estimate of drug-likeness (QED) is 0.741. The van der Waals surface area contributed by atoms with Crippen molar-refractivity contribution in [2.24, 2.45) is 0 Å². The SMILES string of the molecule is N#Cc1cnc(Nc2ccccc2O)nc1. The van der Waals surface area contributed by atoms with E-state index in [1.165, 1.54) is 12.4 Å². The van der Waals surface area contributed by atoms with Crippen LogP contribution in [0.25, 0.3) is 0 Å². The lowest BCUT2D eigenvalue weighted by molar-refractivity contribution is 0.477. The Labute approximate surface area is 92.0 Å². The van der Waals surface area contributed by atoms with E-state index < -0.39 is 0 Å². The van der Waals surface area contributed by atoms with E-state index in [0.717, 1.165) is 0 Å². The minimum absolute atomic E-state index is 0.121. The van der Waals surface area contributed by atoms with Gasteiger partial charge in [0, 0.05) is 0 Å². The van der Waals surface area contributed by atoms with E-state index in [1.54, 1.807) is 24.3 Å². The minimum Gasteiger partial charge on any atom is -0.506 e. The van der Waals surface area contributed by atoms with Crippen LogP contribution in [-0.4, -0.2) is 15.1 Å². The number of para-hydroxylation sites is 2. The average Bonchev–Trinajstić information content (AvgIpc) is 2.33. The summed E-state index contributed by atoms with van der Waals surface area (Å²) in [7, 11) is 0. The van der Waals surface area contributed by atoms with E-state index in [9.17, 15) is 5.11 Å². The number of nitrogens with zero attached hydrogens (tertiary/aromatic N) is 3. The van der Waals surface area contributed by atoms with Gasteiger partial charge in [0.2, 0.25) is 5.95 Å². The molecule has 5 heteroatoms. The molecule has 2 rings (SSSR count). The van der Waals surface area contributed by atoms with E-state index in [0.29, 0.717) is 17.2 Å². The van der Waals surface area contributed by atoms with Crippen LogP contribution < -0.4 is 5.32 Å². The molecule has 0 aliphatic carbocycles. The lowest BCUT2D eigenvalue weighted by Crippen LogP contribution is -1.96. The maximum absolute atomic E-state index is 9.50. The zero-order chi connectivity index (χ0) is 11.4. The highest BCUT2D eigenvalue weighted by Crippen LogP contribution is 2.23. The molecule has 0 atom stereocenters. The fraction of sp³-hybridized carbons (Fsp3) is 0. The van der Waals surface area contributed by atoms with Crippen LogP contribution in [0.1, 0.15) is 5.56 Å². The molecule has 0 fully saturated rings. The molecule has 0 bridgehead atoms. The molecule has 1 aromatic heterocycles. The van der Waals surface area contributed by atoms with Crippen LogP contribution in [0.15, 0.2) is 36.7 Å². The molecule has 1 aromatic carbocycles. The first-order valence-corrected chi connectivity index (χ1v) is 4.57. The summed E-state index contributed by atoms with van der Waals surface area (Å²) in [5, 5.41) is 20.9. The molecule has 0 amide bonds. The van der Waals surface area contributed by atoms with Gasteiger partial charge in [0.1, 0.15) is 11.8 Å². The number of rotatable bonds is 2. The molecule has 16 heavy (non-hydrogen) atoms. The smallest absolute Gasteiger partial charge is 0.227 e. The third-order valence-corrected chi connectivity index (χ3v) is 1.93. The molecule has 0 spiro atoms. The summed E-state index contributed by atoms with van der Waals surface area (Å²) in [6.45, 7) is 0. The van der Waals surface area contributed by atoms with Crippen LogP contribution in [0.2, 0.25) is 0 Å². The number of aromatic hydroxyl groups is 1. The van der Waals surface area contributed by atoms with E-state index in [-0.39, 0.29) is 5.75 Å². The molecule has 0 saturated carbocycles. The third kappa shape index (κ3) is 2.07. The Morgan fingerprint density at radius 2 is 1.88 bits per heavy atom. The maximum atomic E-state index is 9.50. The van der Waals surface area contributed by atoms with Crippen molar-refractivity contribution in [1.82, 2.24) is 9.97 Å². The van der Waals surface area contributed by atoms with Gasteiger partial charge < -0.3 is 10.4 Å². The second-order valence-corrected chi connectivity index (χ2v) is 3.05. The summed E-state index contributed by atoms with van der Waals surface area (Å²) in [5.41, 5.74) is 0.912. The first-order valence-electron chi connectivity index (χ1n) is 4.57. The average molecular weight is 212 g/mol. The van der Waals surface area contributed by atoms with Crippen LogP contribution in [0, 0.1) is 11.3 Å². The largest absolute Gasteiger partial charge is 0.506 e. The molecule has 0 radical (unpaired) electrons. The van der Waals surface area contributed by atoms with Gasteiger partial charge in [0.25, 0.3) is 0 Å². The van der Waals surface area contributed by atoms with Crippen LogP contribution >= 0.6 is 0 Å². The summed E-state index contributed by atoms with van der Waals surface area (Å²) in [6, 6.07) is 8.70. The Morgan fingerprint density at radius 3 is 2.50 bits per heavy atom. The van der Waals surface area contributed by atoms with Gasteiger partial charge in [-0.2, -0.15) is 5.26 Å². The number of nitriles is 1. The second-order valence-electron chi connectivity index (χ2n) is 3.05. The predicted molar refractivity (Wildman–Crippen MR) is 58.1 cm³/mol. The van der Waals surface area contributed by atoms with Gasteiger partial charge in [0.15, 0.2) is 0 Å². The van der Waals surface area contributed by atoms with Crippen LogP contribution in [-0.2, 0) is 0 Å². The molecule has 0 unspecified atom stereocenters. The topological polar surface area (TPSA) is 81.8 Å². The maximum Gasteiger partial charge on any atom is 0.227 e. The number of nitrogens with one attached hydrogen (secondary N) is 1. The van der Waals surface area contributed by atoms with Crippen LogP contribution in [0.5, 0.6) is 5.75 Å². The van der Waals surface area contributed by atoms with Gasteiger partial charge in [-0.05, 0) is 12.1 Å². The number of hydrogen-bond donors (Lipinski definition) is 2. The number of phenolic OH excluding ortho intramolecular Hbond substituents is 1. The van der Waals surface area contributed by atoms with Crippen molar-refractivity contribution >= 4 is 11.6 Å². The van der Waals surface area contributed by atoms with Gasteiger partial charge in [0.05, 0.1) is 23.6 Å². The third-order valence-electron chi connectivity index (χ3n) is 1.93. The number of hydrogen-bond acceptors (Lipinski definition) is 5. The lowest BCUT2D eigenvalue weighted by atomic mass is 10.3. The Bertz CT molecular complexity index is 530. The van der Waals surface area contributed by atoms with Crippen molar-refractivity contribution in [3.8, 4) is 11.8 Å². The minimum atomic E-state index is 0.121. The molecule has 5 nitrogen and oxygen atoms in total. The molecule has 0 saturated heterocycles. The highest BCUT2D eigenvalue weighted by molar-refractivity contribution is 5.61. The van der Waals surface area contributed by atoms with E-state index >= 15 is 0 Å². The highest BCUT2D eigenvalue weighted by atomic mass is 16.3. The monoisotopic (exact) mass is 212 g/mol. The number of anilines is 2. The Kier molecular flexibility index (Phi) is 2.65. The van der Waals surface area contributed by atoms with Gasteiger partial charge in [-0.25, -0.2) is 9.97 Å². The fourth-order valence-electron chi connectivity index (χ4n) is 1.15. The number of phenols is 1.